The molecule has 7 nitrogen and oxygen atoms in total. The van der Waals surface area contributed by atoms with Crippen LogP contribution in [-0.4, -0.2) is 27.9 Å². The predicted molar refractivity (Wildman–Crippen MR) is 68.5 cm³/mol. The molecule has 0 aromatic heterocycles. The molecule has 0 aliphatic carbocycles. The maximum Gasteiger partial charge on any atom is 0.151 e. The van der Waals surface area contributed by atoms with E-state index < -0.39 is 5.41 Å². The molecule has 0 bridgehead atoms. The van der Waals surface area contributed by atoms with Gasteiger partial charge < -0.3 is 4.74 Å². The van der Waals surface area contributed by atoms with Gasteiger partial charge in [0.1, 0.15) is 5.69 Å². The van der Waals surface area contributed by atoms with Gasteiger partial charge >= 0.3 is 0 Å². The second kappa shape index (κ2) is 5.22. The third-order valence-electron chi connectivity index (χ3n) is 2.91. The molecule has 0 atom stereocenters. The van der Waals surface area contributed by atoms with Crippen molar-refractivity contribution in [2.24, 2.45) is 0 Å². The number of hydrogen-bond acceptors (Lipinski definition) is 7. The van der Waals surface area contributed by atoms with Gasteiger partial charge in [0.05, 0.1) is 12.8 Å². The summed E-state index contributed by atoms with van der Waals surface area (Å²) in [6.07, 6.45) is 0. The van der Waals surface area contributed by atoms with Crippen LogP contribution in [0.3, 0.4) is 0 Å². The van der Waals surface area contributed by atoms with Gasteiger partial charge in [-0.25, -0.2) is 0 Å². The summed E-state index contributed by atoms with van der Waals surface area (Å²) in [5, 5.41) is 37.0. The zero-order valence-electron chi connectivity index (χ0n) is 11.7. The van der Waals surface area contributed by atoms with E-state index in [9.17, 15) is 20.8 Å². The Morgan fingerprint density at radius 3 is 1.89 bits per heavy atom. The van der Waals surface area contributed by atoms with Gasteiger partial charge in [0.25, 0.3) is 0 Å². The van der Waals surface area contributed by atoms with Crippen molar-refractivity contribution in [2.75, 3.05) is 17.6 Å². The molecule has 0 aliphatic heterocycles. The molecule has 0 spiro atoms. The Hall–Kier alpha value is -1.54. The number of rotatable bonds is 3. The Kier molecular flexibility index (Phi) is 4.26. The molecule has 1 rings (SSSR count). The Morgan fingerprint density at radius 2 is 1.58 bits per heavy atom. The SMILES string of the molecule is COc1c(C(C)(C)C)cc(N(O)O)c(C)c1N(O)O. The van der Waals surface area contributed by atoms with Crippen LogP contribution in [0.15, 0.2) is 6.07 Å². The predicted octanol–water partition coefficient (Wildman–Crippen LogP) is 2.47. The monoisotopic (exact) mass is 272 g/mol. The molecule has 7 heteroatoms. The number of benzene rings is 1. The topological polar surface area (TPSA) is 96.6 Å². The highest BCUT2D eigenvalue weighted by atomic mass is 16.8. The fourth-order valence-corrected chi connectivity index (χ4v) is 1.94. The van der Waals surface area contributed by atoms with Crippen molar-refractivity contribution < 1.29 is 25.6 Å². The summed E-state index contributed by atoms with van der Waals surface area (Å²) in [5.74, 6) is 0.264. The number of hydrogen-bond donors (Lipinski definition) is 4. The standard InChI is InChI=1S/C12H20N2O5/c1-7-9(13(15)16)6-8(12(2,3)4)11(19-5)10(7)14(17)18/h6,15-18H,1-5H3. The van der Waals surface area contributed by atoms with Crippen molar-refractivity contribution in [3.8, 4) is 5.75 Å². The number of anilines is 2. The zero-order valence-corrected chi connectivity index (χ0v) is 11.7. The molecular weight excluding hydrogens is 252 g/mol. The smallest absolute Gasteiger partial charge is 0.151 e. The fraction of sp³-hybridized carbons (Fsp3) is 0.500. The molecule has 0 saturated heterocycles. The van der Waals surface area contributed by atoms with Gasteiger partial charge in [0.15, 0.2) is 5.75 Å². The van der Waals surface area contributed by atoms with Crippen LogP contribution >= 0.6 is 0 Å². The summed E-state index contributed by atoms with van der Waals surface area (Å²) >= 11 is 0. The van der Waals surface area contributed by atoms with Gasteiger partial charge in [0, 0.05) is 11.1 Å². The average Bonchev–Trinajstić information content (AvgIpc) is 2.25. The van der Waals surface area contributed by atoms with E-state index in [1.807, 2.05) is 20.8 Å². The van der Waals surface area contributed by atoms with Gasteiger partial charge in [-0.05, 0) is 18.4 Å². The molecule has 0 aliphatic rings. The molecule has 0 unspecified atom stereocenters. The third kappa shape index (κ3) is 2.90. The lowest BCUT2D eigenvalue weighted by Crippen LogP contribution is -2.22. The Bertz CT molecular complexity index is 466. The maximum absolute atomic E-state index is 9.34. The van der Waals surface area contributed by atoms with Crippen molar-refractivity contribution in [3.63, 3.8) is 0 Å². The minimum absolute atomic E-state index is 0.0359. The highest BCUT2D eigenvalue weighted by molar-refractivity contribution is 5.74. The van der Waals surface area contributed by atoms with Crippen LogP contribution in [-0.2, 0) is 5.41 Å². The Labute approximate surface area is 111 Å². The van der Waals surface area contributed by atoms with E-state index in [1.54, 1.807) is 0 Å². The van der Waals surface area contributed by atoms with Gasteiger partial charge in [-0.15, -0.1) is 10.5 Å². The molecule has 1 aromatic carbocycles. The molecule has 108 valence electrons. The van der Waals surface area contributed by atoms with Gasteiger partial charge in [0.2, 0.25) is 0 Å². The second-order valence-electron chi connectivity index (χ2n) is 5.28. The van der Waals surface area contributed by atoms with E-state index in [0.717, 1.165) is 0 Å². The molecule has 0 saturated carbocycles. The largest absolute Gasteiger partial charge is 0.494 e. The van der Waals surface area contributed by atoms with Crippen LogP contribution < -0.4 is 15.2 Å². The molecular formula is C12H20N2O5. The molecule has 1 aromatic rings. The number of ether oxygens (including phenoxy) is 1. The number of nitrogens with zero attached hydrogens (tertiary/aromatic N) is 2. The first kappa shape index (κ1) is 15.5. The van der Waals surface area contributed by atoms with E-state index in [2.05, 4.69) is 0 Å². The summed E-state index contributed by atoms with van der Waals surface area (Å²) in [7, 11) is 1.41. The highest BCUT2D eigenvalue weighted by Crippen LogP contribution is 2.44. The zero-order chi connectivity index (χ0) is 15.0. The van der Waals surface area contributed by atoms with E-state index in [1.165, 1.54) is 20.1 Å². The van der Waals surface area contributed by atoms with E-state index in [-0.39, 0.29) is 33.1 Å². The average molecular weight is 272 g/mol. The molecule has 0 amide bonds. The van der Waals surface area contributed by atoms with Gasteiger partial charge in [-0.3, -0.25) is 20.8 Å². The molecule has 0 fully saturated rings. The summed E-state index contributed by atoms with van der Waals surface area (Å²) in [5.41, 5.74) is 0.452. The summed E-state index contributed by atoms with van der Waals surface area (Å²) in [6.45, 7) is 7.20. The second-order valence-corrected chi connectivity index (χ2v) is 5.28. The van der Waals surface area contributed by atoms with Crippen LogP contribution in [0.25, 0.3) is 0 Å². The van der Waals surface area contributed by atoms with Gasteiger partial charge in [-0.2, -0.15) is 0 Å². The normalized spacial score (nSPS) is 11.4. The van der Waals surface area contributed by atoms with Crippen molar-refractivity contribution in [1.82, 2.24) is 0 Å². The van der Waals surface area contributed by atoms with E-state index in [4.69, 9.17) is 4.74 Å². The molecule has 0 radical (unpaired) electrons. The van der Waals surface area contributed by atoms with Crippen LogP contribution in [0.4, 0.5) is 11.4 Å². The maximum atomic E-state index is 9.34. The Morgan fingerprint density at radius 1 is 1.05 bits per heavy atom. The molecule has 4 N–H and O–H groups in total. The van der Waals surface area contributed by atoms with Crippen LogP contribution in [0.5, 0.6) is 5.75 Å². The minimum atomic E-state index is -0.394. The van der Waals surface area contributed by atoms with Gasteiger partial charge in [-0.1, -0.05) is 20.8 Å². The summed E-state index contributed by atoms with van der Waals surface area (Å²) < 4.78 is 5.24. The van der Waals surface area contributed by atoms with Crippen LogP contribution in [0.1, 0.15) is 31.9 Å². The molecule has 19 heavy (non-hydrogen) atoms. The first-order valence-electron chi connectivity index (χ1n) is 5.69. The van der Waals surface area contributed by atoms with E-state index in [0.29, 0.717) is 5.56 Å². The van der Waals surface area contributed by atoms with Crippen LogP contribution in [0.2, 0.25) is 0 Å². The first-order chi connectivity index (χ1) is 8.61. The third-order valence-corrected chi connectivity index (χ3v) is 2.91. The lowest BCUT2D eigenvalue weighted by atomic mass is 9.84. The van der Waals surface area contributed by atoms with Crippen molar-refractivity contribution in [1.29, 1.82) is 0 Å². The van der Waals surface area contributed by atoms with Crippen molar-refractivity contribution in [2.45, 2.75) is 33.1 Å². The highest BCUT2D eigenvalue weighted by Gasteiger charge is 2.28. The lowest BCUT2D eigenvalue weighted by Gasteiger charge is -2.28. The van der Waals surface area contributed by atoms with Crippen molar-refractivity contribution in [3.05, 3.63) is 17.2 Å². The minimum Gasteiger partial charge on any atom is -0.494 e. The van der Waals surface area contributed by atoms with Crippen LogP contribution in [0, 0.1) is 6.92 Å². The molecule has 0 heterocycles. The Balaban J connectivity index is 3.74. The first-order valence-corrected chi connectivity index (χ1v) is 5.69. The number of methoxy groups -OCH3 is 1. The lowest BCUT2D eigenvalue weighted by molar-refractivity contribution is 0.0244. The summed E-state index contributed by atoms with van der Waals surface area (Å²) in [4.78, 5) is 0. The van der Waals surface area contributed by atoms with Crippen molar-refractivity contribution >= 4 is 11.4 Å². The quantitative estimate of drug-likeness (QED) is 0.627. The van der Waals surface area contributed by atoms with E-state index >= 15 is 0 Å². The summed E-state index contributed by atoms with van der Waals surface area (Å²) in [6, 6.07) is 1.53. The fourth-order valence-electron chi connectivity index (χ4n) is 1.94.